The van der Waals surface area contributed by atoms with Crippen LogP contribution in [0.4, 0.5) is 0 Å². The molecule has 0 aromatic heterocycles. The lowest BCUT2D eigenvalue weighted by atomic mass is 10.1. The zero-order valence-electron chi connectivity index (χ0n) is 18.8. The first kappa shape index (κ1) is 29.1. The quantitative estimate of drug-likeness (QED) is 0.117. The molecule has 0 fully saturated rings. The summed E-state index contributed by atoms with van der Waals surface area (Å²) in [7, 11) is 0. The third kappa shape index (κ3) is 21.8. The Labute approximate surface area is 183 Å². The van der Waals surface area contributed by atoms with Crippen molar-refractivity contribution in [3.63, 3.8) is 0 Å². The van der Waals surface area contributed by atoms with Crippen molar-refractivity contribution in [2.24, 2.45) is 0 Å². The summed E-state index contributed by atoms with van der Waals surface area (Å²) in [5.74, 6) is -0.302. The van der Waals surface area contributed by atoms with Crippen LogP contribution in [0.15, 0.2) is 12.2 Å². The Bertz CT molecular complexity index is 399. The number of ether oxygens (including phenoxy) is 1. The van der Waals surface area contributed by atoms with Crippen molar-refractivity contribution in [3.05, 3.63) is 12.2 Å². The van der Waals surface area contributed by atoms with Gasteiger partial charge in [-0.2, -0.15) is 0 Å². The van der Waals surface area contributed by atoms with Crippen molar-refractivity contribution >= 4 is 5.97 Å². The number of carbonyl (C=O) groups excluding carboxylic acids is 1. The van der Waals surface area contributed by atoms with Gasteiger partial charge >= 0.3 is 5.97 Å². The summed E-state index contributed by atoms with van der Waals surface area (Å²) < 4.78 is 4.86. The normalized spacial score (nSPS) is 13.6. The zero-order valence-corrected chi connectivity index (χ0v) is 18.8. The highest BCUT2D eigenvalue weighted by molar-refractivity contribution is 5.69. The van der Waals surface area contributed by atoms with E-state index in [1.165, 1.54) is 44.9 Å². The van der Waals surface area contributed by atoms with Gasteiger partial charge in [0.05, 0.1) is 19.3 Å². The summed E-state index contributed by atoms with van der Waals surface area (Å²) >= 11 is 0. The molecule has 4 N–H and O–H groups in total. The number of esters is 1. The third-order valence-corrected chi connectivity index (χ3v) is 5.18. The summed E-state index contributed by atoms with van der Waals surface area (Å²) in [6.07, 6.45) is 20.3. The number of carbonyl (C=O) groups is 1. The fourth-order valence-electron chi connectivity index (χ4n) is 3.23. The van der Waals surface area contributed by atoms with E-state index in [2.05, 4.69) is 12.2 Å². The van der Waals surface area contributed by atoms with Gasteiger partial charge in [-0.15, -0.1) is 0 Å². The maximum absolute atomic E-state index is 11.4. The third-order valence-electron chi connectivity index (χ3n) is 5.18. The van der Waals surface area contributed by atoms with Crippen molar-refractivity contribution in [1.82, 2.24) is 0 Å². The highest BCUT2D eigenvalue weighted by Crippen LogP contribution is 2.12. The molecule has 6 nitrogen and oxygen atoms in total. The number of hydrogen-bond acceptors (Lipinski definition) is 6. The minimum absolute atomic E-state index is 0.119. The van der Waals surface area contributed by atoms with Crippen molar-refractivity contribution in [1.29, 1.82) is 0 Å². The van der Waals surface area contributed by atoms with Crippen molar-refractivity contribution in [3.8, 4) is 0 Å². The second-order valence-corrected chi connectivity index (χ2v) is 8.19. The summed E-state index contributed by atoms with van der Waals surface area (Å²) in [6, 6.07) is 0. The summed E-state index contributed by atoms with van der Waals surface area (Å²) in [5.41, 5.74) is 0. The Kier molecular flexibility index (Phi) is 22.0. The number of rotatable bonds is 22. The second-order valence-electron chi connectivity index (χ2n) is 8.19. The molecule has 0 saturated heterocycles. The monoisotopic (exact) mass is 430 g/mol. The molecule has 0 aromatic rings. The fourth-order valence-corrected chi connectivity index (χ4v) is 3.23. The van der Waals surface area contributed by atoms with Crippen LogP contribution in [0.3, 0.4) is 0 Å². The van der Waals surface area contributed by atoms with Crippen molar-refractivity contribution in [2.75, 3.05) is 19.8 Å². The smallest absolute Gasteiger partial charge is 0.305 e. The zero-order chi connectivity index (χ0) is 22.3. The van der Waals surface area contributed by atoms with Crippen LogP contribution in [-0.4, -0.2) is 58.4 Å². The predicted octanol–water partition coefficient (Wildman–Crippen LogP) is 4.03. The molecule has 0 bridgehead atoms. The lowest BCUT2D eigenvalue weighted by Crippen LogP contribution is -2.21. The van der Waals surface area contributed by atoms with Crippen molar-refractivity contribution in [2.45, 2.75) is 115 Å². The minimum Gasteiger partial charge on any atom is -0.463 e. The van der Waals surface area contributed by atoms with Gasteiger partial charge in [0.25, 0.3) is 0 Å². The first-order valence-electron chi connectivity index (χ1n) is 12.0. The number of hydrogen-bond donors (Lipinski definition) is 4. The molecule has 0 aliphatic heterocycles. The number of allylic oxidation sites excluding steroid dienone is 2. The lowest BCUT2D eigenvalue weighted by molar-refractivity contribution is -0.147. The Hall–Kier alpha value is -0.950. The molecule has 0 saturated carbocycles. The van der Waals surface area contributed by atoms with Gasteiger partial charge in [0.1, 0.15) is 12.7 Å². The molecular formula is C24H46O6. The molecule has 0 aliphatic rings. The van der Waals surface area contributed by atoms with Crippen LogP contribution in [0, 0.1) is 0 Å². The van der Waals surface area contributed by atoms with Crippen LogP contribution in [0.1, 0.15) is 103 Å². The molecule has 0 heterocycles. The highest BCUT2D eigenvalue weighted by Gasteiger charge is 2.07. The van der Waals surface area contributed by atoms with E-state index >= 15 is 0 Å². The number of aliphatic hydroxyl groups excluding tert-OH is 4. The Morgan fingerprint density at radius 3 is 1.67 bits per heavy atom. The SMILES string of the molecule is O=C(CCCCCCC/C=C\CCCCCCCCCC(O)CO)OCC(O)CO. The Morgan fingerprint density at radius 2 is 1.13 bits per heavy atom. The van der Waals surface area contributed by atoms with Gasteiger partial charge < -0.3 is 25.2 Å². The van der Waals surface area contributed by atoms with Gasteiger partial charge in [-0.1, -0.05) is 69.9 Å². The van der Waals surface area contributed by atoms with Gasteiger partial charge in [0.15, 0.2) is 0 Å². The standard InChI is InChI=1S/C24H46O6/c25-19-22(27)17-15-13-11-9-7-5-3-1-2-4-6-8-10-12-14-16-18-24(29)30-21-23(28)20-26/h2,4,22-23,25-28H,1,3,5-21H2/b4-2-. The van der Waals surface area contributed by atoms with E-state index in [9.17, 15) is 9.90 Å². The van der Waals surface area contributed by atoms with Gasteiger partial charge in [-0.25, -0.2) is 0 Å². The number of aliphatic hydroxyl groups is 4. The van der Waals surface area contributed by atoms with Crippen LogP contribution >= 0.6 is 0 Å². The maximum atomic E-state index is 11.4. The predicted molar refractivity (Wildman–Crippen MR) is 120 cm³/mol. The lowest BCUT2D eigenvalue weighted by Gasteiger charge is -2.08. The van der Waals surface area contributed by atoms with Gasteiger partial charge in [0, 0.05) is 6.42 Å². The van der Waals surface area contributed by atoms with E-state index in [1.807, 2.05) is 0 Å². The molecule has 0 aromatic carbocycles. The van der Waals surface area contributed by atoms with Gasteiger partial charge in [-0.3, -0.25) is 4.79 Å². The minimum atomic E-state index is -0.975. The summed E-state index contributed by atoms with van der Waals surface area (Å²) in [6.45, 7) is -0.631. The Morgan fingerprint density at radius 1 is 0.667 bits per heavy atom. The summed E-state index contributed by atoms with van der Waals surface area (Å²) in [5, 5.41) is 35.7. The number of unbranched alkanes of at least 4 members (excludes halogenated alkanes) is 12. The molecule has 0 radical (unpaired) electrons. The molecule has 0 spiro atoms. The molecule has 0 rings (SSSR count). The summed E-state index contributed by atoms with van der Waals surface area (Å²) in [4.78, 5) is 11.4. The van der Waals surface area contributed by atoms with Crippen LogP contribution in [-0.2, 0) is 9.53 Å². The van der Waals surface area contributed by atoms with E-state index in [1.54, 1.807) is 0 Å². The van der Waals surface area contributed by atoms with Crippen LogP contribution in [0.2, 0.25) is 0 Å². The Balaban J connectivity index is 3.23. The maximum Gasteiger partial charge on any atom is 0.305 e. The highest BCUT2D eigenvalue weighted by atomic mass is 16.5. The van der Waals surface area contributed by atoms with E-state index in [0.717, 1.165) is 44.9 Å². The van der Waals surface area contributed by atoms with E-state index in [0.29, 0.717) is 12.8 Å². The fraction of sp³-hybridized carbons (Fsp3) is 0.875. The van der Waals surface area contributed by atoms with E-state index in [-0.39, 0.29) is 25.8 Å². The van der Waals surface area contributed by atoms with Crippen molar-refractivity contribution < 1.29 is 30.0 Å². The van der Waals surface area contributed by atoms with E-state index in [4.69, 9.17) is 20.1 Å². The van der Waals surface area contributed by atoms with E-state index < -0.39 is 12.2 Å². The first-order chi connectivity index (χ1) is 14.6. The molecule has 30 heavy (non-hydrogen) atoms. The molecule has 2 unspecified atom stereocenters. The second kappa shape index (κ2) is 22.7. The van der Waals surface area contributed by atoms with Gasteiger partial charge in [0.2, 0.25) is 0 Å². The molecular weight excluding hydrogens is 384 g/mol. The van der Waals surface area contributed by atoms with Crippen LogP contribution in [0.5, 0.6) is 0 Å². The molecule has 0 aliphatic carbocycles. The molecule has 178 valence electrons. The molecule has 6 heteroatoms. The average molecular weight is 431 g/mol. The first-order valence-corrected chi connectivity index (χ1v) is 12.0. The molecule has 2 atom stereocenters. The van der Waals surface area contributed by atoms with Gasteiger partial charge in [-0.05, 0) is 38.5 Å². The molecule has 0 amide bonds. The van der Waals surface area contributed by atoms with Crippen LogP contribution < -0.4 is 0 Å². The topological polar surface area (TPSA) is 107 Å². The van der Waals surface area contributed by atoms with Crippen LogP contribution in [0.25, 0.3) is 0 Å². The average Bonchev–Trinajstić information content (AvgIpc) is 2.76. The largest absolute Gasteiger partial charge is 0.463 e.